The molecule has 96 valence electrons. The van der Waals surface area contributed by atoms with Crippen LogP contribution in [0.1, 0.15) is 55.6 Å². The molecule has 0 aromatic carbocycles. The van der Waals surface area contributed by atoms with E-state index in [1.54, 1.807) is 0 Å². The summed E-state index contributed by atoms with van der Waals surface area (Å²) in [4.78, 5) is 1.47. The Morgan fingerprint density at radius 1 is 1.41 bits per heavy atom. The van der Waals surface area contributed by atoms with Crippen LogP contribution >= 0.6 is 23.1 Å². The van der Waals surface area contributed by atoms with E-state index in [1.807, 2.05) is 11.3 Å². The van der Waals surface area contributed by atoms with E-state index in [2.05, 4.69) is 36.2 Å². The molecule has 1 heterocycles. The summed E-state index contributed by atoms with van der Waals surface area (Å²) in [7, 11) is 0. The van der Waals surface area contributed by atoms with Crippen molar-refractivity contribution in [1.29, 1.82) is 0 Å². The SMILES string of the molecule is CCC(N)C(SC1CCCCC1)c1cccs1. The summed E-state index contributed by atoms with van der Waals surface area (Å²) < 4.78 is 0. The Kier molecular flexibility index (Phi) is 5.39. The minimum absolute atomic E-state index is 0.306. The topological polar surface area (TPSA) is 26.0 Å². The van der Waals surface area contributed by atoms with Gasteiger partial charge < -0.3 is 5.73 Å². The van der Waals surface area contributed by atoms with Gasteiger partial charge >= 0.3 is 0 Å². The number of hydrogen-bond donors (Lipinski definition) is 1. The molecule has 1 saturated carbocycles. The fourth-order valence-corrected chi connectivity index (χ4v) is 5.20. The molecule has 17 heavy (non-hydrogen) atoms. The summed E-state index contributed by atoms with van der Waals surface area (Å²) in [6, 6.07) is 4.71. The first-order valence-electron chi connectivity index (χ1n) is 6.75. The molecule has 2 atom stereocenters. The first-order valence-corrected chi connectivity index (χ1v) is 8.58. The number of thiophene rings is 1. The standard InChI is InChI=1S/C14H23NS2/c1-2-12(15)14(13-9-6-10-16-13)17-11-7-4-3-5-8-11/h6,9-12,14H,2-5,7-8,15H2,1H3. The van der Waals surface area contributed by atoms with Gasteiger partial charge in [-0.3, -0.25) is 0 Å². The molecular formula is C14H23NS2. The zero-order valence-corrected chi connectivity index (χ0v) is 12.2. The zero-order chi connectivity index (χ0) is 12.1. The summed E-state index contributed by atoms with van der Waals surface area (Å²) >= 11 is 4.00. The predicted octanol–water partition coefficient (Wildman–Crippen LogP) is 4.59. The van der Waals surface area contributed by atoms with Gasteiger partial charge in [-0.2, -0.15) is 0 Å². The Morgan fingerprint density at radius 3 is 2.76 bits per heavy atom. The van der Waals surface area contributed by atoms with Crippen LogP contribution in [-0.2, 0) is 0 Å². The Labute approximate surface area is 113 Å². The maximum absolute atomic E-state index is 6.31. The monoisotopic (exact) mass is 269 g/mol. The summed E-state index contributed by atoms with van der Waals surface area (Å²) in [5, 5.41) is 3.53. The lowest BCUT2D eigenvalue weighted by Crippen LogP contribution is -2.27. The van der Waals surface area contributed by atoms with Gasteiger partial charge in [-0.25, -0.2) is 0 Å². The van der Waals surface area contributed by atoms with Crippen LogP contribution in [0.25, 0.3) is 0 Å². The van der Waals surface area contributed by atoms with Crippen LogP contribution in [0.4, 0.5) is 0 Å². The maximum atomic E-state index is 6.31. The Balaban J connectivity index is 2.00. The number of hydrogen-bond acceptors (Lipinski definition) is 3. The molecule has 2 rings (SSSR count). The molecule has 0 amide bonds. The normalized spacial score (nSPS) is 21.3. The second-order valence-electron chi connectivity index (χ2n) is 4.90. The highest BCUT2D eigenvalue weighted by Crippen LogP contribution is 2.42. The van der Waals surface area contributed by atoms with E-state index in [0.717, 1.165) is 11.7 Å². The number of rotatable bonds is 5. The van der Waals surface area contributed by atoms with Crippen LogP contribution in [0.3, 0.4) is 0 Å². The molecule has 0 saturated heterocycles. The highest BCUT2D eigenvalue weighted by Gasteiger charge is 2.25. The van der Waals surface area contributed by atoms with Gasteiger partial charge in [0, 0.05) is 16.2 Å². The van der Waals surface area contributed by atoms with Gasteiger partial charge in [0.2, 0.25) is 0 Å². The van der Waals surface area contributed by atoms with E-state index in [0.29, 0.717) is 11.3 Å². The van der Waals surface area contributed by atoms with Crippen LogP contribution < -0.4 is 5.73 Å². The summed E-state index contributed by atoms with van der Waals surface area (Å²) in [6.45, 7) is 2.20. The molecule has 1 aromatic rings. The third kappa shape index (κ3) is 3.73. The van der Waals surface area contributed by atoms with Gasteiger partial charge in [-0.15, -0.1) is 23.1 Å². The lowest BCUT2D eigenvalue weighted by atomic mass is 10.0. The van der Waals surface area contributed by atoms with Crippen molar-refractivity contribution in [3.8, 4) is 0 Å². The molecule has 0 radical (unpaired) electrons. The van der Waals surface area contributed by atoms with E-state index in [4.69, 9.17) is 5.73 Å². The molecule has 1 nitrogen and oxygen atoms in total. The lowest BCUT2D eigenvalue weighted by molar-refractivity contribution is 0.512. The Morgan fingerprint density at radius 2 is 2.18 bits per heavy atom. The van der Waals surface area contributed by atoms with Crippen molar-refractivity contribution in [2.75, 3.05) is 0 Å². The number of nitrogens with two attached hydrogens (primary N) is 1. The highest BCUT2D eigenvalue weighted by atomic mass is 32.2. The van der Waals surface area contributed by atoms with Crippen LogP contribution in [-0.4, -0.2) is 11.3 Å². The van der Waals surface area contributed by atoms with Gasteiger partial charge in [-0.05, 0) is 30.7 Å². The molecule has 2 N–H and O–H groups in total. The van der Waals surface area contributed by atoms with Crippen molar-refractivity contribution in [1.82, 2.24) is 0 Å². The molecule has 0 aliphatic heterocycles. The average molecular weight is 269 g/mol. The fraction of sp³-hybridized carbons (Fsp3) is 0.714. The average Bonchev–Trinajstić information content (AvgIpc) is 2.90. The minimum atomic E-state index is 0.306. The van der Waals surface area contributed by atoms with Crippen LogP contribution in [0, 0.1) is 0 Å². The number of thioether (sulfide) groups is 1. The van der Waals surface area contributed by atoms with Crippen LogP contribution in [0.15, 0.2) is 17.5 Å². The second kappa shape index (κ2) is 6.81. The van der Waals surface area contributed by atoms with Crippen molar-refractivity contribution in [2.24, 2.45) is 5.73 Å². The molecule has 0 bridgehead atoms. The maximum Gasteiger partial charge on any atom is 0.0544 e. The molecule has 1 fully saturated rings. The van der Waals surface area contributed by atoms with Gasteiger partial charge in [0.1, 0.15) is 0 Å². The van der Waals surface area contributed by atoms with Crippen molar-refractivity contribution >= 4 is 23.1 Å². The third-order valence-corrected chi connectivity index (χ3v) is 6.43. The Bertz CT molecular complexity index is 304. The summed E-state index contributed by atoms with van der Waals surface area (Å²) in [5.74, 6) is 0. The first kappa shape index (κ1) is 13.4. The molecule has 3 heteroatoms. The van der Waals surface area contributed by atoms with E-state index >= 15 is 0 Å². The second-order valence-corrected chi connectivity index (χ2v) is 7.33. The molecular weight excluding hydrogens is 246 g/mol. The summed E-state index contributed by atoms with van der Waals surface area (Å²) in [5.41, 5.74) is 6.31. The molecule has 2 unspecified atom stereocenters. The molecule has 1 aliphatic rings. The molecule has 0 spiro atoms. The van der Waals surface area contributed by atoms with Crippen LogP contribution in [0.2, 0.25) is 0 Å². The highest BCUT2D eigenvalue weighted by molar-refractivity contribution is 8.00. The minimum Gasteiger partial charge on any atom is -0.326 e. The lowest BCUT2D eigenvalue weighted by Gasteiger charge is -2.28. The van der Waals surface area contributed by atoms with Crippen LogP contribution in [0.5, 0.6) is 0 Å². The largest absolute Gasteiger partial charge is 0.326 e. The van der Waals surface area contributed by atoms with Gasteiger partial charge in [0.05, 0.1) is 5.25 Å². The third-order valence-electron chi connectivity index (χ3n) is 3.58. The van der Waals surface area contributed by atoms with Crippen molar-refractivity contribution < 1.29 is 0 Å². The molecule has 1 aliphatic carbocycles. The first-order chi connectivity index (χ1) is 8.31. The fourth-order valence-electron chi connectivity index (χ4n) is 2.45. The quantitative estimate of drug-likeness (QED) is 0.846. The van der Waals surface area contributed by atoms with Gasteiger partial charge in [-0.1, -0.05) is 32.3 Å². The van der Waals surface area contributed by atoms with Crippen molar-refractivity contribution in [3.63, 3.8) is 0 Å². The van der Waals surface area contributed by atoms with E-state index in [9.17, 15) is 0 Å². The zero-order valence-electron chi connectivity index (χ0n) is 10.6. The smallest absolute Gasteiger partial charge is 0.0544 e. The summed E-state index contributed by atoms with van der Waals surface area (Å²) in [6.07, 6.45) is 8.11. The van der Waals surface area contributed by atoms with E-state index < -0.39 is 0 Å². The van der Waals surface area contributed by atoms with Crippen molar-refractivity contribution in [3.05, 3.63) is 22.4 Å². The molecule has 1 aromatic heterocycles. The van der Waals surface area contributed by atoms with Crippen molar-refractivity contribution in [2.45, 2.75) is 62.0 Å². The van der Waals surface area contributed by atoms with E-state index in [-0.39, 0.29) is 0 Å². The van der Waals surface area contributed by atoms with Gasteiger partial charge in [0.15, 0.2) is 0 Å². The van der Waals surface area contributed by atoms with E-state index in [1.165, 1.54) is 37.0 Å². The predicted molar refractivity (Wildman–Crippen MR) is 79.8 cm³/mol. The van der Waals surface area contributed by atoms with Gasteiger partial charge in [0.25, 0.3) is 0 Å². The Hall–Kier alpha value is 0.01000.